The minimum Gasteiger partial charge on any atom is -0.468 e. The summed E-state index contributed by atoms with van der Waals surface area (Å²) in [5.41, 5.74) is 3.09. The molecule has 1 aromatic heterocycles. The molecule has 7 nitrogen and oxygen atoms in total. The highest BCUT2D eigenvalue weighted by atomic mass is 32.1. The summed E-state index contributed by atoms with van der Waals surface area (Å²) in [7, 11) is 1.33. The number of nitrogens with zero attached hydrogens (tertiary/aromatic N) is 2. The van der Waals surface area contributed by atoms with Crippen molar-refractivity contribution in [3.05, 3.63) is 71.4 Å². The van der Waals surface area contributed by atoms with Crippen LogP contribution in [0.15, 0.2) is 60.3 Å². The minimum absolute atomic E-state index is 0.0142. The first-order valence-corrected chi connectivity index (χ1v) is 10.5. The Morgan fingerprint density at radius 1 is 1.12 bits per heavy atom. The van der Waals surface area contributed by atoms with E-state index in [4.69, 9.17) is 17.0 Å². The van der Waals surface area contributed by atoms with Crippen molar-refractivity contribution in [2.75, 3.05) is 12.0 Å². The molecule has 0 unspecified atom stereocenters. The number of hydrogen-bond acceptors (Lipinski definition) is 5. The lowest BCUT2D eigenvalue weighted by Crippen LogP contribution is -2.54. The number of anilines is 1. The molecule has 0 radical (unpaired) electrons. The van der Waals surface area contributed by atoms with E-state index in [2.05, 4.69) is 5.32 Å². The van der Waals surface area contributed by atoms with E-state index in [1.54, 1.807) is 22.9 Å². The van der Waals surface area contributed by atoms with Crippen LogP contribution in [0, 0.1) is 0 Å². The lowest BCUT2D eigenvalue weighted by Gasteiger charge is -2.29. The summed E-state index contributed by atoms with van der Waals surface area (Å²) in [6, 6.07) is 14.9. The molecule has 2 aromatic carbocycles. The van der Waals surface area contributed by atoms with Crippen LogP contribution in [0.2, 0.25) is 0 Å². The maximum absolute atomic E-state index is 13.3. The Balaban J connectivity index is 1.76. The third kappa shape index (κ3) is 3.92. The highest BCUT2D eigenvalue weighted by Crippen LogP contribution is 2.27. The number of nitrogens with one attached hydrogen (secondary N) is 1. The van der Waals surface area contributed by atoms with Crippen molar-refractivity contribution in [2.24, 2.45) is 0 Å². The van der Waals surface area contributed by atoms with Crippen LogP contribution in [0.4, 0.5) is 5.69 Å². The number of aryl methyl sites for hydroxylation is 1. The second-order valence-electron chi connectivity index (χ2n) is 7.28. The lowest BCUT2D eigenvalue weighted by atomic mass is 10.1. The van der Waals surface area contributed by atoms with Gasteiger partial charge >= 0.3 is 5.97 Å². The number of carbonyl (C=O) groups excluding carboxylic acids is 3. The molecule has 8 heteroatoms. The number of amides is 2. The van der Waals surface area contributed by atoms with Gasteiger partial charge in [0.2, 0.25) is 0 Å². The number of thiocarbonyl (C=S) groups is 1. The molecule has 162 valence electrons. The standard InChI is InChI=1S/C24H21N3O4S/c1-3-15-8-10-17(11-9-15)27-23(30)19(22(29)25-24(27)32)12-16-13-26(14-21(28)31-2)20-7-5-4-6-18(16)20/h4-13H,3,14H2,1-2H3,(H,25,29,32). The molecule has 2 amide bonds. The first-order chi connectivity index (χ1) is 15.4. The predicted molar refractivity (Wildman–Crippen MR) is 126 cm³/mol. The molecule has 0 aliphatic carbocycles. The van der Waals surface area contributed by atoms with E-state index in [1.165, 1.54) is 18.1 Å². The van der Waals surface area contributed by atoms with Crippen LogP contribution < -0.4 is 10.2 Å². The van der Waals surface area contributed by atoms with Gasteiger partial charge in [0.15, 0.2) is 5.11 Å². The largest absolute Gasteiger partial charge is 0.468 e. The van der Waals surface area contributed by atoms with E-state index in [0.717, 1.165) is 22.9 Å². The Labute approximate surface area is 190 Å². The molecule has 1 N–H and O–H groups in total. The molecule has 2 heterocycles. The average molecular weight is 448 g/mol. The minimum atomic E-state index is -0.564. The molecule has 1 fully saturated rings. The van der Waals surface area contributed by atoms with Crippen LogP contribution in [0.1, 0.15) is 18.1 Å². The number of aromatic nitrogens is 1. The number of esters is 1. The number of methoxy groups -OCH3 is 1. The van der Waals surface area contributed by atoms with Gasteiger partial charge in [-0.1, -0.05) is 37.3 Å². The summed E-state index contributed by atoms with van der Waals surface area (Å²) < 4.78 is 6.50. The zero-order valence-electron chi connectivity index (χ0n) is 17.6. The van der Waals surface area contributed by atoms with E-state index in [9.17, 15) is 14.4 Å². The van der Waals surface area contributed by atoms with Gasteiger partial charge in [-0.25, -0.2) is 0 Å². The van der Waals surface area contributed by atoms with Crippen molar-refractivity contribution in [1.82, 2.24) is 9.88 Å². The van der Waals surface area contributed by atoms with Crippen LogP contribution in [0.5, 0.6) is 0 Å². The fraction of sp³-hybridized carbons (Fsp3) is 0.167. The number of fused-ring (bicyclic) bond motifs is 1. The molecular weight excluding hydrogens is 426 g/mol. The van der Waals surface area contributed by atoms with Gasteiger partial charge in [0, 0.05) is 22.7 Å². The molecule has 0 bridgehead atoms. The van der Waals surface area contributed by atoms with Gasteiger partial charge in [-0.2, -0.15) is 0 Å². The molecule has 3 aromatic rings. The highest BCUT2D eigenvalue weighted by Gasteiger charge is 2.34. The maximum Gasteiger partial charge on any atom is 0.325 e. The first-order valence-electron chi connectivity index (χ1n) is 10.1. The van der Waals surface area contributed by atoms with Gasteiger partial charge in [0.25, 0.3) is 11.8 Å². The smallest absolute Gasteiger partial charge is 0.325 e. The van der Waals surface area contributed by atoms with Crippen LogP contribution in [0.3, 0.4) is 0 Å². The van der Waals surface area contributed by atoms with E-state index in [0.29, 0.717) is 11.3 Å². The van der Waals surface area contributed by atoms with Crippen LogP contribution in [-0.4, -0.2) is 34.6 Å². The second kappa shape index (κ2) is 8.76. The van der Waals surface area contributed by atoms with E-state index < -0.39 is 17.8 Å². The van der Waals surface area contributed by atoms with Crippen LogP contribution in [0.25, 0.3) is 17.0 Å². The number of benzene rings is 2. The Kier molecular flexibility index (Phi) is 5.87. The van der Waals surface area contributed by atoms with Gasteiger partial charge in [0.05, 0.1) is 12.8 Å². The fourth-order valence-electron chi connectivity index (χ4n) is 3.65. The number of rotatable bonds is 5. The number of ether oxygens (including phenoxy) is 1. The maximum atomic E-state index is 13.3. The van der Waals surface area contributed by atoms with Gasteiger partial charge in [0.1, 0.15) is 12.1 Å². The van der Waals surface area contributed by atoms with E-state index in [-0.39, 0.29) is 17.2 Å². The van der Waals surface area contributed by atoms with Crippen LogP contribution >= 0.6 is 12.2 Å². The summed E-state index contributed by atoms with van der Waals surface area (Å²) >= 11 is 5.27. The quantitative estimate of drug-likeness (QED) is 0.281. The van der Waals surface area contributed by atoms with Gasteiger partial charge in [-0.3, -0.25) is 24.6 Å². The number of para-hydroxylation sites is 1. The van der Waals surface area contributed by atoms with Gasteiger partial charge < -0.3 is 9.30 Å². The van der Waals surface area contributed by atoms with E-state index in [1.807, 2.05) is 43.3 Å². The zero-order valence-corrected chi connectivity index (χ0v) is 18.4. The third-order valence-corrected chi connectivity index (χ3v) is 5.64. The van der Waals surface area contributed by atoms with Crippen molar-refractivity contribution in [3.8, 4) is 0 Å². The highest BCUT2D eigenvalue weighted by molar-refractivity contribution is 7.80. The molecule has 0 saturated carbocycles. The number of carbonyl (C=O) groups is 3. The Hall–Kier alpha value is -3.78. The second-order valence-corrected chi connectivity index (χ2v) is 7.67. The molecular formula is C24H21N3O4S. The third-order valence-electron chi connectivity index (χ3n) is 5.35. The first kappa shape index (κ1) is 21.5. The van der Waals surface area contributed by atoms with E-state index >= 15 is 0 Å². The van der Waals surface area contributed by atoms with Crippen molar-refractivity contribution in [1.29, 1.82) is 0 Å². The molecule has 1 aliphatic rings. The lowest BCUT2D eigenvalue weighted by molar-refractivity contribution is -0.141. The normalized spacial score (nSPS) is 15.4. The van der Waals surface area contributed by atoms with Crippen molar-refractivity contribution in [3.63, 3.8) is 0 Å². The van der Waals surface area contributed by atoms with Crippen molar-refractivity contribution >= 4 is 57.8 Å². The summed E-state index contributed by atoms with van der Waals surface area (Å²) in [6.07, 6.45) is 4.13. The molecule has 0 atom stereocenters. The molecule has 0 spiro atoms. The SMILES string of the molecule is CCc1ccc(N2C(=O)C(=Cc3cn(CC(=O)OC)c4ccccc34)C(=O)NC2=S)cc1. The Morgan fingerprint density at radius 2 is 1.84 bits per heavy atom. The molecule has 32 heavy (non-hydrogen) atoms. The monoisotopic (exact) mass is 447 g/mol. The zero-order chi connectivity index (χ0) is 22.8. The summed E-state index contributed by atoms with van der Waals surface area (Å²) in [6.45, 7) is 2.06. The summed E-state index contributed by atoms with van der Waals surface area (Å²) in [5.74, 6) is -1.47. The predicted octanol–water partition coefficient (Wildman–Crippen LogP) is 3.21. The van der Waals surface area contributed by atoms with Crippen molar-refractivity contribution < 1.29 is 19.1 Å². The molecule has 4 rings (SSSR count). The molecule has 1 aliphatic heterocycles. The topological polar surface area (TPSA) is 80.6 Å². The fourth-order valence-corrected chi connectivity index (χ4v) is 3.93. The Bertz CT molecular complexity index is 1270. The van der Waals surface area contributed by atoms with Crippen LogP contribution in [-0.2, 0) is 32.1 Å². The average Bonchev–Trinajstić information content (AvgIpc) is 3.14. The summed E-state index contributed by atoms with van der Waals surface area (Å²) in [4.78, 5) is 39.1. The number of hydrogen-bond donors (Lipinski definition) is 1. The summed E-state index contributed by atoms with van der Waals surface area (Å²) in [5, 5.41) is 3.44. The van der Waals surface area contributed by atoms with Crippen molar-refractivity contribution in [2.45, 2.75) is 19.9 Å². The van der Waals surface area contributed by atoms with Gasteiger partial charge in [-0.15, -0.1) is 0 Å². The Morgan fingerprint density at radius 3 is 2.53 bits per heavy atom. The molecule has 1 saturated heterocycles. The van der Waals surface area contributed by atoms with Gasteiger partial charge in [-0.05, 0) is 48.5 Å².